The number of nitrogens with one attached hydrogen (secondary N) is 1. The normalized spacial score (nSPS) is 27.6. The molecule has 0 aromatic carbocycles. The molecule has 4 heterocycles. The van der Waals surface area contributed by atoms with Gasteiger partial charge in [0.2, 0.25) is 0 Å². The minimum absolute atomic E-state index is 0.00403. The van der Waals surface area contributed by atoms with Gasteiger partial charge in [-0.05, 0) is 60.8 Å². The van der Waals surface area contributed by atoms with Crippen LogP contribution in [0.2, 0.25) is 0 Å². The Hall–Kier alpha value is -1.50. The van der Waals surface area contributed by atoms with Crippen molar-refractivity contribution in [3.63, 3.8) is 0 Å². The summed E-state index contributed by atoms with van der Waals surface area (Å²) in [4.78, 5) is 2.54. The van der Waals surface area contributed by atoms with Crippen molar-refractivity contribution in [3.8, 4) is 0 Å². The largest absolute Gasteiger partial charge is 0.371 e. The standard InChI is InChI=1S/C18H24N4OS/c1-14-3-4-17(21-20-14)19-16-9-18(23-11-16)6-2-7-22(13-18)10-15-5-8-24-12-15/h3-5,8,12,16H,2,6-7,9-11,13H2,1H3,(H,19,21)/t16-,18+/m0/s1. The maximum absolute atomic E-state index is 6.29. The van der Waals surface area contributed by atoms with Crippen LogP contribution < -0.4 is 5.32 Å². The van der Waals surface area contributed by atoms with E-state index in [0.717, 1.165) is 44.0 Å². The fourth-order valence-electron chi connectivity index (χ4n) is 3.87. The second-order valence-corrected chi connectivity index (χ2v) is 7.83. The summed E-state index contributed by atoms with van der Waals surface area (Å²) in [6.45, 7) is 5.94. The monoisotopic (exact) mass is 344 g/mol. The van der Waals surface area contributed by atoms with Crippen LogP contribution in [0.25, 0.3) is 0 Å². The highest BCUT2D eigenvalue weighted by atomic mass is 32.1. The number of anilines is 1. The maximum Gasteiger partial charge on any atom is 0.148 e. The minimum Gasteiger partial charge on any atom is -0.371 e. The number of aromatic nitrogens is 2. The van der Waals surface area contributed by atoms with Crippen LogP contribution in [-0.2, 0) is 11.3 Å². The molecular formula is C18H24N4OS. The first-order valence-corrected chi connectivity index (χ1v) is 9.59. The van der Waals surface area contributed by atoms with Crippen molar-refractivity contribution in [2.24, 2.45) is 0 Å². The fourth-order valence-corrected chi connectivity index (χ4v) is 4.53. The van der Waals surface area contributed by atoms with E-state index in [1.807, 2.05) is 19.1 Å². The highest BCUT2D eigenvalue weighted by Crippen LogP contribution is 2.36. The van der Waals surface area contributed by atoms with Gasteiger partial charge >= 0.3 is 0 Å². The number of rotatable bonds is 4. The van der Waals surface area contributed by atoms with Gasteiger partial charge in [0.1, 0.15) is 5.82 Å². The number of ether oxygens (including phenoxy) is 1. The van der Waals surface area contributed by atoms with Crippen molar-refractivity contribution in [1.29, 1.82) is 0 Å². The quantitative estimate of drug-likeness (QED) is 0.924. The van der Waals surface area contributed by atoms with Crippen LogP contribution in [0.1, 0.15) is 30.5 Å². The molecule has 2 aliphatic heterocycles. The van der Waals surface area contributed by atoms with Gasteiger partial charge < -0.3 is 10.1 Å². The molecule has 2 fully saturated rings. The molecule has 1 N–H and O–H groups in total. The van der Waals surface area contributed by atoms with Crippen molar-refractivity contribution >= 4 is 17.2 Å². The predicted octanol–water partition coefficient (Wildman–Crippen LogP) is 3.08. The molecule has 4 rings (SSSR count). The van der Waals surface area contributed by atoms with Crippen LogP contribution in [0, 0.1) is 6.92 Å². The van der Waals surface area contributed by atoms with Crippen molar-refractivity contribution < 1.29 is 4.74 Å². The fraction of sp³-hybridized carbons (Fsp3) is 0.556. The summed E-state index contributed by atoms with van der Waals surface area (Å²) in [6.07, 6.45) is 3.41. The Morgan fingerprint density at radius 1 is 1.38 bits per heavy atom. The number of aryl methyl sites for hydroxylation is 1. The van der Waals surface area contributed by atoms with Crippen LogP contribution in [0.5, 0.6) is 0 Å². The molecule has 5 nitrogen and oxygen atoms in total. The third kappa shape index (κ3) is 3.61. The zero-order valence-corrected chi connectivity index (χ0v) is 14.9. The number of hydrogen-bond donors (Lipinski definition) is 1. The first-order valence-electron chi connectivity index (χ1n) is 8.65. The number of nitrogens with zero attached hydrogens (tertiary/aromatic N) is 3. The lowest BCUT2D eigenvalue weighted by Gasteiger charge is -2.39. The van der Waals surface area contributed by atoms with Gasteiger partial charge in [0.05, 0.1) is 23.9 Å². The van der Waals surface area contributed by atoms with Crippen LogP contribution in [0.3, 0.4) is 0 Å². The molecule has 0 radical (unpaired) electrons. The lowest BCUT2D eigenvalue weighted by Crippen LogP contribution is -2.47. The lowest BCUT2D eigenvalue weighted by molar-refractivity contribution is -0.0532. The highest BCUT2D eigenvalue weighted by molar-refractivity contribution is 7.07. The van der Waals surface area contributed by atoms with Gasteiger partial charge in [-0.2, -0.15) is 16.4 Å². The second kappa shape index (κ2) is 6.78. The number of hydrogen-bond acceptors (Lipinski definition) is 6. The summed E-state index contributed by atoms with van der Waals surface area (Å²) in [6, 6.07) is 6.53. The van der Waals surface area contributed by atoms with E-state index in [1.165, 1.54) is 18.5 Å². The van der Waals surface area contributed by atoms with Crippen LogP contribution in [0.4, 0.5) is 5.82 Å². The Labute approximate surface area is 147 Å². The molecule has 2 saturated heterocycles. The van der Waals surface area contributed by atoms with Gasteiger partial charge in [-0.1, -0.05) is 0 Å². The molecule has 0 aliphatic carbocycles. The maximum atomic E-state index is 6.29. The van der Waals surface area contributed by atoms with Gasteiger partial charge in [0.15, 0.2) is 0 Å². The number of thiophene rings is 1. The number of likely N-dealkylation sites (tertiary alicyclic amines) is 1. The van der Waals surface area contributed by atoms with Gasteiger partial charge in [-0.15, -0.1) is 5.10 Å². The average molecular weight is 344 g/mol. The van der Waals surface area contributed by atoms with E-state index in [9.17, 15) is 0 Å². The Kier molecular flexibility index (Phi) is 4.52. The minimum atomic E-state index is 0.00403. The van der Waals surface area contributed by atoms with E-state index in [-0.39, 0.29) is 5.60 Å². The molecule has 2 aliphatic rings. The Morgan fingerprint density at radius 2 is 2.33 bits per heavy atom. The average Bonchev–Trinajstić information content (AvgIpc) is 3.21. The molecule has 6 heteroatoms. The first kappa shape index (κ1) is 16.0. The van der Waals surface area contributed by atoms with Gasteiger partial charge in [-0.3, -0.25) is 4.90 Å². The summed E-state index contributed by atoms with van der Waals surface area (Å²) >= 11 is 1.77. The molecular weight excluding hydrogens is 320 g/mol. The first-order chi connectivity index (χ1) is 11.7. The molecule has 0 bridgehead atoms. The molecule has 24 heavy (non-hydrogen) atoms. The number of piperidine rings is 1. The van der Waals surface area contributed by atoms with E-state index >= 15 is 0 Å². The predicted molar refractivity (Wildman–Crippen MR) is 96.3 cm³/mol. The van der Waals surface area contributed by atoms with Crippen LogP contribution >= 0.6 is 11.3 Å². The topological polar surface area (TPSA) is 50.3 Å². The Morgan fingerprint density at radius 3 is 3.12 bits per heavy atom. The van der Waals surface area contributed by atoms with E-state index in [1.54, 1.807) is 11.3 Å². The molecule has 0 unspecified atom stereocenters. The zero-order valence-electron chi connectivity index (χ0n) is 14.1. The van der Waals surface area contributed by atoms with Crippen LogP contribution in [-0.4, -0.2) is 46.4 Å². The summed E-state index contributed by atoms with van der Waals surface area (Å²) in [7, 11) is 0. The zero-order chi connectivity index (χ0) is 16.4. The summed E-state index contributed by atoms with van der Waals surface area (Å²) in [5.74, 6) is 0.845. The van der Waals surface area contributed by atoms with E-state index in [2.05, 4.69) is 37.2 Å². The SMILES string of the molecule is Cc1ccc(N[C@@H]2CO[C@]3(CCCN(Cc4ccsc4)C3)C2)nn1. The van der Waals surface area contributed by atoms with Crippen LogP contribution in [0.15, 0.2) is 29.0 Å². The lowest BCUT2D eigenvalue weighted by atomic mass is 9.88. The molecule has 2 aromatic rings. The van der Waals surface area contributed by atoms with Gasteiger partial charge in [-0.25, -0.2) is 0 Å². The molecule has 2 atom stereocenters. The van der Waals surface area contributed by atoms with E-state index in [4.69, 9.17) is 4.74 Å². The molecule has 0 amide bonds. The summed E-state index contributed by atoms with van der Waals surface area (Å²) in [5.41, 5.74) is 2.36. The van der Waals surface area contributed by atoms with E-state index < -0.39 is 0 Å². The molecule has 0 saturated carbocycles. The Balaban J connectivity index is 1.36. The smallest absolute Gasteiger partial charge is 0.148 e. The van der Waals surface area contributed by atoms with E-state index in [0.29, 0.717) is 6.04 Å². The van der Waals surface area contributed by atoms with Crippen molar-refractivity contribution in [1.82, 2.24) is 15.1 Å². The van der Waals surface area contributed by atoms with Gasteiger partial charge in [0, 0.05) is 19.5 Å². The van der Waals surface area contributed by atoms with Crippen molar-refractivity contribution in [3.05, 3.63) is 40.2 Å². The highest BCUT2D eigenvalue weighted by Gasteiger charge is 2.43. The second-order valence-electron chi connectivity index (χ2n) is 7.05. The molecule has 1 spiro atoms. The van der Waals surface area contributed by atoms with Crippen molar-refractivity contribution in [2.45, 2.75) is 44.4 Å². The third-order valence-corrected chi connectivity index (χ3v) is 5.70. The molecule has 128 valence electrons. The molecule has 2 aromatic heterocycles. The Bertz CT molecular complexity index is 660. The summed E-state index contributed by atoms with van der Waals surface area (Å²) in [5, 5.41) is 16.2. The van der Waals surface area contributed by atoms with Crippen molar-refractivity contribution in [2.75, 3.05) is 25.0 Å². The third-order valence-electron chi connectivity index (χ3n) is 4.96. The summed E-state index contributed by atoms with van der Waals surface area (Å²) < 4.78 is 6.29. The van der Waals surface area contributed by atoms with Gasteiger partial charge in [0.25, 0.3) is 0 Å².